The van der Waals surface area contributed by atoms with Gasteiger partial charge in [0.2, 0.25) is 0 Å². The van der Waals surface area contributed by atoms with Crippen LogP contribution in [0, 0.1) is 11.3 Å². The number of hydrogen-bond acceptors (Lipinski definition) is 3. The molecular formula is C9H13NO2Si. The van der Waals surface area contributed by atoms with Crippen LogP contribution in [-0.4, -0.2) is 8.32 Å². The van der Waals surface area contributed by atoms with Gasteiger partial charge in [0.25, 0.3) is 0 Å². The fraction of sp³-hybridized carbons (Fsp3) is 0.444. The Morgan fingerprint density at radius 1 is 1.54 bits per heavy atom. The van der Waals surface area contributed by atoms with Gasteiger partial charge in [-0.05, 0) is 25.7 Å². The van der Waals surface area contributed by atoms with Gasteiger partial charge in [-0.2, -0.15) is 5.26 Å². The molecule has 0 N–H and O–H groups in total. The molecule has 0 fully saturated rings. The third-order valence-corrected chi connectivity index (χ3v) is 2.38. The predicted molar refractivity (Wildman–Crippen MR) is 51.5 cm³/mol. The van der Waals surface area contributed by atoms with Crippen LogP contribution >= 0.6 is 0 Å². The van der Waals surface area contributed by atoms with Crippen LogP contribution in [-0.2, 0) is 4.43 Å². The Bertz CT molecular complexity index is 294. The molecule has 0 aliphatic rings. The number of rotatable bonds is 3. The molecule has 3 nitrogen and oxygen atoms in total. The molecular weight excluding hydrogens is 182 g/mol. The summed E-state index contributed by atoms with van der Waals surface area (Å²) in [7, 11) is -1.66. The summed E-state index contributed by atoms with van der Waals surface area (Å²) in [5.41, 5.74) is 0.796. The van der Waals surface area contributed by atoms with Crippen molar-refractivity contribution in [3.63, 3.8) is 0 Å². The lowest BCUT2D eigenvalue weighted by atomic mass is 10.2. The van der Waals surface area contributed by atoms with Gasteiger partial charge in [0.05, 0.1) is 18.6 Å². The lowest BCUT2D eigenvalue weighted by molar-refractivity contribution is 0.254. The Morgan fingerprint density at radius 2 is 2.23 bits per heavy atom. The second-order valence-corrected chi connectivity index (χ2v) is 8.26. The fourth-order valence-electron chi connectivity index (χ4n) is 0.947. The highest BCUT2D eigenvalue weighted by molar-refractivity contribution is 6.69. The highest BCUT2D eigenvalue weighted by atomic mass is 28.4. The average Bonchev–Trinajstić information content (AvgIpc) is 2.50. The van der Waals surface area contributed by atoms with Crippen LogP contribution in [0.2, 0.25) is 19.6 Å². The van der Waals surface area contributed by atoms with Gasteiger partial charge in [0, 0.05) is 5.56 Å². The molecule has 1 aromatic rings. The van der Waals surface area contributed by atoms with Crippen LogP contribution in [0.4, 0.5) is 0 Å². The summed E-state index contributed by atoms with van der Waals surface area (Å²) < 4.78 is 10.5. The molecule has 0 aromatic carbocycles. The molecule has 1 heterocycles. The van der Waals surface area contributed by atoms with Crippen LogP contribution in [0.25, 0.3) is 0 Å². The second kappa shape index (κ2) is 3.77. The van der Waals surface area contributed by atoms with E-state index in [4.69, 9.17) is 14.1 Å². The van der Waals surface area contributed by atoms with Gasteiger partial charge in [-0.15, -0.1) is 0 Å². The molecule has 1 aromatic heterocycles. The van der Waals surface area contributed by atoms with Crippen molar-refractivity contribution in [2.45, 2.75) is 25.7 Å². The molecule has 0 aliphatic heterocycles. The maximum atomic E-state index is 8.87. The van der Waals surface area contributed by atoms with E-state index in [1.807, 2.05) is 0 Å². The van der Waals surface area contributed by atoms with Crippen molar-refractivity contribution in [1.82, 2.24) is 0 Å². The van der Waals surface area contributed by atoms with Gasteiger partial charge in [-0.25, -0.2) is 0 Å². The van der Waals surface area contributed by atoms with E-state index in [1.165, 1.54) is 0 Å². The Kier molecular flexibility index (Phi) is 2.91. The molecule has 70 valence electrons. The third kappa shape index (κ3) is 3.05. The van der Waals surface area contributed by atoms with Crippen molar-refractivity contribution in [3.05, 3.63) is 24.2 Å². The number of furan rings is 1. The number of nitriles is 1. The van der Waals surface area contributed by atoms with Gasteiger partial charge in [0.1, 0.15) is 0 Å². The van der Waals surface area contributed by atoms with Crippen molar-refractivity contribution >= 4 is 8.32 Å². The Labute approximate surface area is 79.1 Å². The second-order valence-electron chi connectivity index (χ2n) is 3.80. The van der Waals surface area contributed by atoms with E-state index in [-0.39, 0.29) is 0 Å². The minimum absolute atomic E-state index is 0.481. The van der Waals surface area contributed by atoms with Crippen molar-refractivity contribution in [2.75, 3.05) is 0 Å². The minimum atomic E-state index is -1.66. The summed E-state index contributed by atoms with van der Waals surface area (Å²) in [5, 5.41) is 8.87. The van der Waals surface area contributed by atoms with Crippen LogP contribution in [0.1, 0.15) is 11.7 Å². The molecule has 0 bridgehead atoms. The van der Waals surface area contributed by atoms with Gasteiger partial charge < -0.3 is 8.84 Å². The molecule has 0 radical (unpaired) electrons. The smallest absolute Gasteiger partial charge is 0.186 e. The zero-order valence-corrected chi connectivity index (χ0v) is 9.07. The maximum absolute atomic E-state index is 8.87. The summed E-state index contributed by atoms with van der Waals surface area (Å²) in [4.78, 5) is 0. The van der Waals surface area contributed by atoms with Gasteiger partial charge >= 0.3 is 0 Å². The lowest BCUT2D eigenvalue weighted by Crippen LogP contribution is -2.27. The Hall–Kier alpha value is -1.05. The SMILES string of the molecule is C[Si](C)(C)O[C@@H](C#N)c1ccoc1. The first-order valence-corrected chi connectivity index (χ1v) is 7.53. The fourth-order valence-corrected chi connectivity index (χ4v) is 1.84. The quantitative estimate of drug-likeness (QED) is 0.697. The first kappa shape index (κ1) is 10.0. The molecule has 0 spiro atoms. The monoisotopic (exact) mass is 195 g/mol. The van der Waals surface area contributed by atoms with Crippen molar-refractivity contribution in [1.29, 1.82) is 5.26 Å². The van der Waals surface area contributed by atoms with E-state index < -0.39 is 14.4 Å². The number of hydrogen-bond donors (Lipinski definition) is 0. The third-order valence-electron chi connectivity index (χ3n) is 1.43. The summed E-state index contributed by atoms with van der Waals surface area (Å²) in [5.74, 6) is 0. The highest BCUT2D eigenvalue weighted by Gasteiger charge is 2.22. The van der Waals surface area contributed by atoms with E-state index in [0.29, 0.717) is 0 Å². The van der Waals surface area contributed by atoms with Gasteiger partial charge in [-0.1, -0.05) is 0 Å². The van der Waals surface area contributed by atoms with Crippen LogP contribution in [0.3, 0.4) is 0 Å². The zero-order chi connectivity index (χ0) is 9.90. The van der Waals surface area contributed by atoms with Gasteiger partial charge in [0.15, 0.2) is 14.4 Å². The number of nitrogens with zero attached hydrogens (tertiary/aromatic N) is 1. The minimum Gasteiger partial charge on any atom is -0.472 e. The molecule has 0 saturated heterocycles. The molecule has 1 atom stereocenters. The van der Waals surface area contributed by atoms with Gasteiger partial charge in [-0.3, -0.25) is 0 Å². The summed E-state index contributed by atoms with van der Waals surface area (Å²) in [6.45, 7) is 6.16. The lowest BCUT2D eigenvalue weighted by Gasteiger charge is -2.20. The predicted octanol–water partition coefficient (Wildman–Crippen LogP) is 2.70. The average molecular weight is 195 g/mol. The summed E-state index contributed by atoms with van der Waals surface area (Å²) in [6, 6.07) is 3.87. The molecule has 0 amide bonds. The van der Waals surface area contributed by atoms with Crippen molar-refractivity contribution in [2.24, 2.45) is 0 Å². The summed E-state index contributed by atoms with van der Waals surface area (Å²) in [6.07, 6.45) is 2.62. The largest absolute Gasteiger partial charge is 0.472 e. The van der Waals surface area contributed by atoms with E-state index in [1.54, 1.807) is 18.6 Å². The van der Waals surface area contributed by atoms with E-state index in [2.05, 4.69) is 25.7 Å². The van der Waals surface area contributed by atoms with Crippen molar-refractivity contribution in [3.8, 4) is 6.07 Å². The molecule has 13 heavy (non-hydrogen) atoms. The normalized spacial score (nSPS) is 13.7. The molecule has 0 saturated carbocycles. The van der Waals surface area contributed by atoms with E-state index in [0.717, 1.165) is 5.56 Å². The highest BCUT2D eigenvalue weighted by Crippen LogP contribution is 2.21. The maximum Gasteiger partial charge on any atom is 0.186 e. The molecule has 0 unspecified atom stereocenters. The van der Waals surface area contributed by atoms with Crippen LogP contribution < -0.4 is 0 Å². The van der Waals surface area contributed by atoms with Crippen LogP contribution in [0.15, 0.2) is 23.0 Å². The standard InChI is InChI=1S/C9H13NO2Si/c1-13(2,3)12-9(6-10)8-4-5-11-7-8/h4-5,7,9H,1-3H3/t9-/m0/s1. The molecule has 0 aliphatic carbocycles. The van der Waals surface area contributed by atoms with Crippen molar-refractivity contribution < 1.29 is 8.84 Å². The summed E-state index contributed by atoms with van der Waals surface area (Å²) >= 11 is 0. The molecule has 1 rings (SSSR count). The Balaban J connectivity index is 2.72. The zero-order valence-electron chi connectivity index (χ0n) is 8.07. The Morgan fingerprint density at radius 3 is 2.62 bits per heavy atom. The van der Waals surface area contributed by atoms with E-state index in [9.17, 15) is 0 Å². The first-order chi connectivity index (χ1) is 6.03. The topological polar surface area (TPSA) is 46.2 Å². The first-order valence-electron chi connectivity index (χ1n) is 4.12. The van der Waals surface area contributed by atoms with E-state index >= 15 is 0 Å². The van der Waals surface area contributed by atoms with Crippen LogP contribution in [0.5, 0.6) is 0 Å². The molecule has 4 heteroatoms.